The van der Waals surface area contributed by atoms with Crippen molar-refractivity contribution in [3.63, 3.8) is 0 Å². The first kappa shape index (κ1) is 19.2. The van der Waals surface area contributed by atoms with Gasteiger partial charge < -0.3 is 5.32 Å². The molecule has 0 aliphatic rings. The number of nitrogens with zero attached hydrogens (tertiary/aromatic N) is 2. The minimum absolute atomic E-state index is 0.739. The van der Waals surface area contributed by atoms with Gasteiger partial charge in [-0.15, -0.1) is 11.8 Å². The molecule has 0 aromatic carbocycles. The zero-order valence-electron chi connectivity index (χ0n) is 15.2. The summed E-state index contributed by atoms with van der Waals surface area (Å²) in [4.78, 5) is 4.85. The van der Waals surface area contributed by atoms with Gasteiger partial charge in [0.15, 0.2) is 5.65 Å². The summed E-state index contributed by atoms with van der Waals surface area (Å²) in [6.07, 6.45) is 9.36. The van der Waals surface area contributed by atoms with Crippen molar-refractivity contribution < 1.29 is 0 Å². The van der Waals surface area contributed by atoms with Gasteiger partial charge in [0.25, 0.3) is 0 Å². The standard InChI is InChI=1S/C18H28N4S2/c1-5-6-7-8-9-10-15-14(11-19-18(23)24-4)12(2)16-13(3)21-22-17(16)20-15/h5-11H2,1-4H3,(H,19,23)(H,20,21,22). The fraction of sp³-hybridized carbons (Fsp3) is 0.611. The molecule has 0 aliphatic carbocycles. The largest absolute Gasteiger partial charge is 0.367 e. The van der Waals surface area contributed by atoms with Crippen LogP contribution in [0.3, 0.4) is 0 Å². The summed E-state index contributed by atoms with van der Waals surface area (Å²) in [5.41, 5.74) is 5.63. The van der Waals surface area contributed by atoms with E-state index in [4.69, 9.17) is 17.2 Å². The Morgan fingerprint density at radius 1 is 1.21 bits per heavy atom. The molecule has 0 saturated carbocycles. The van der Waals surface area contributed by atoms with Gasteiger partial charge in [0, 0.05) is 23.3 Å². The van der Waals surface area contributed by atoms with Gasteiger partial charge in [0.05, 0.1) is 0 Å². The van der Waals surface area contributed by atoms with Crippen LogP contribution in [0.5, 0.6) is 0 Å². The second kappa shape index (κ2) is 9.37. The molecule has 0 saturated heterocycles. The first-order chi connectivity index (χ1) is 11.6. The van der Waals surface area contributed by atoms with Crippen LogP contribution in [0.4, 0.5) is 0 Å². The molecule has 0 amide bonds. The average molecular weight is 365 g/mol. The third-order valence-corrected chi connectivity index (χ3v) is 5.62. The Morgan fingerprint density at radius 3 is 2.67 bits per heavy atom. The average Bonchev–Trinajstić information content (AvgIpc) is 2.95. The van der Waals surface area contributed by atoms with Crippen LogP contribution in [0.1, 0.15) is 61.5 Å². The Balaban J connectivity index is 2.23. The number of hydrogen-bond acceptors (Lipinski definition) is 4. The van der Waals surface area contributed by atoms with E-state index in [2.05, 4.69) is 36.3 Å². The molecule has 0 fully saturated rings. The Hall–Kier alpha value is -1.14. The second-order valence-electron chi connectivity index (χ2n) is 6.22. The Labute approximate surface area is 154 Å². The number of fused-ring (bicyclic) bond motifs is 1. The van der Waals surface area contributed by atoms with Crippen molar-refractivity contribution in [2.24, 2.45) is 0 Å². The van der Waals surface area contributed by atoms with Gasteiger partial charge in [-0.1, -0.05) is 44.8 Å². The molecule has 4 nitrogen and oxygen atoms in total. The van der Waals surface area contributed by atoms with Crippen LogP contribution in [-0.2, 0) is 13.0 Å². The quantitative estimate of drug-likeness (QED) is 0.519. The van der Waals surface area contributed by atoms with Crippen molar-refractivity contribution >= 4 is 39.3 Å². The Morgan fingerprint density at radius 2 is 1.96 bits per heavy atom. The van der Waals surface area contributed by atoms with E-state index in [-0.39, 0.29) is 0 Å². The van der Waals surface area contributed by atoms with E-state index < -0.39 is 0 Å². The predicted octanol–water partition coefficient (Wildman–Crippen LogP) is 4.83. The van der Waals surface area contributed by atoms with Gasteiger partial charge in [-0.05, 0) is 44.1 Å². The highest BCUT2D eigenvalue weighted by atomic mass is 32.2. The van der Waals surface area contributed by atoms with Crippen LogP contribution >= 0.6 is 24.0 Å². The molecule has 0 spiro atoms. The highest BCUT2D eigenvalue weighted by Gasteiger charge is 2.15. The highest BCUT2D eigenvalue weighted by Crippen LogP contribution is 2.25. The SMILES string of the molecule is CCCCCCCc1nc2n[nH]c(C)c2c(C)c1CNC(=S)SC. The van der Waals surface area contributed by atoms with Gasteiger partial charge in [-0.25, -0.2) is 4.98 Å². The number of unbranched alkanes of at least 4 members (excludes halogenated alkanes) is 4. The van der Waals surface area contributed by atoms with Gasteiger partial charge in [-0.3, -0.25) is 5.10 Å². The van der Waals surface area contributed by atoms with Gasteiger partial charge in [0.1, 0.15) is 4.32 Å². The minimum atomic E-state index is 0.739. The first-order valence-electron chi connectivity index (χ1n) is 8.73. The van der Waals surface area contributed by atoms with E-state index in [1.54, 1.807) is 11.8 Å². The molecule has 0 unspecified atom stereocenters. The molecule has 6 heteroatoms. The normalized spacial score (nSPS) is 11.2. The zero-order chi connectivity index (χ0) is 17.5. The molecule has 132 valence electrons. The lowest BCUT2D eigenvalue weighted by atomic mass is 9.99. The second-order valence-corrected chi connectivity index (χ2v) is 7.70. The summed E-state index contributed by atoms with van der Waals surface area (Å²) >= 11 is 6.87. The van der Waals surface area contributed by atoms with Gasteiger partial charge in [0.2, 0.25) is 0 Å². The number of thioether (sulfide) groups is 1. The molecule has 24 heavy (non-hydrogen) atoms. The summed E-state index contributed by atoms with van der Waals surface area (Å²) in [5.74, 6) is 0. The van der Waals surface area contributed by atoms with Crippen molar-refractivity contribution in [3.8, 4) is 0 Å². The highest BCUT2D eigenvalue weighted by molar-refractivity contribution is 8.22. The molecule has 2 N–H and O–H groups in total. The van der Waals surface area contributed by atoms with Crippen LogP contribution in [0.25, 0.3) is 11.0 Å². The van der Waals surface area contributed by atoms with Crippen molar-refractivity contribution in [1.82, 2.24) is 20.5 Å². The first-order valence-corrected chi connectivity index (χ1v) is 10.4. The smallest absolute Gasteiger partial charge is 0.181 e. The molecule has 2 heterocycles. The third-order valence-electron chi connectivity index (χ3n) is 4.46. The maximum Gasteiger partial charge on any atom is 0.181 e. The number of nitrogens with one attached hydrogen (secondary N) is 2. The van der Waals surface area contributed by atoms with Crippen LogP contribution in [-0.4, -0.2) is 25.8 Å². The number of aromatic nitrogens is 3. The van der Waals surface area contributed by atoms with Crippen molar-refractivity contribution in [2.75, 3.05) is 6.26 Å². The van der Waals surface area contributed by atoms with E-state index in [9.17, 15) is 0 Å². The monoisotopic (exact) mass is 364 g/mol. The van der Waals surface area contributed by atoms with E-state index in [1.807, 2.05) is 6.26 Å². The maximum atomic E-state index is 5.29. The zero-order valence-corrected chi connectivity index (χ0v) is 16.8. The fourth-order valence-corrected chi connectivity index (χ4v) is 3.37. The summed E-state index contributed by atoms with van der Waals surface area (Å²) in [6, 6.07) is 0. The van der Waals surface area contributed by atoms with E-state index >= 15 is 0 Å². The van der Waals surface area contributed by atoms with Crippen LogP contribution < -0.4 is 5.32 Å². The van der Waals surface area contributed by atoms with E-state index in [1.165, 1.54) is 48.9 Å². The van der Waals surface area contributed by atoms with Crippen LogP contribution in [0.15, 0.2) is 0 Å². The molecule has 0 atom stereocenters. The lowest BCUT2D eigenvalue weighted by molar-refractivity contribution is 0.626. The molecular weight excluding hydrogens is 336 g/mol. The van der Waals surface area contributed by atoms with Gasteiger partial charge in [-0.2, -0.15) is 5.10 Å². The molecule has 0 bridgehead atoms. The topological polar surface area (TPSA) is 53.6 Å². The van der Waals surface area contributed by atoms with Crippen molar-refractivity contribution in [3.05, 3.63) is 22.5 Å². The number of thiocarbonyl (C=S) groups is 1. The van der Waals surface area contributed by atoms with Crippen LogP contribution in [0, 0.1) is 13.8 Å². The predicted molar refractivity (Wildman–Crippen MR) is 109 cm³/mol. The summed E-state index contributed by atoms with van der Waals surface area (Å²) in [7, 11) is 0. The lowest BCUT2D eigenvalue weighted by Crippen LogP contribution is -2.19. The van der Waals surface area contributed by atoms with Gasteiger partial charge >= 0.3 is 0 Å². The van der Waals surface area contributed by atoms with Crippen molar-refractivity contribution in [1.29, 1.82) is 0 Å². The van der Waals surface area contributed by atoms with E-state index in [0.29, 0.717) is 0 Å². The third kappa shape index (κ3) is 4.70. The lowest BCUT2D eigenvalue weighted by Gasteiger charge is -2.14. The molecule has 2 rings (SSSR count). The Bertz CT molecular complexity index is 694. The summed E-state index contributed by atoms with van der Waals surface area (Å²) in [6.45, 7) is 7.21. The fourth-order valence-electron chi connectivity index (χ4n) is 3.08. The number of pyridine rings is 1. The number of aryl methyl sites for hydroxylation is 3. The molecule has 0 radical (unpaired) electrons. The summed E-state index contributed by atoms with van der Waals surface area (Å²) < 4.78 is 0.826. The number of hydrogen-bond donors (Lipinski definition) is 2. The number of H-pyrrole nitrogens is 1. The maximum absolute atomic E-state index is 5.29. The summed E-state index contributed by atoms with van der Waals surface area (Å²) in [5, 5.41) is 11.9. The van der Waals surface area contributed by atoms with E-state index in [0.717, 1.165) is 34.0 Å². The number of rotatable bonds is 8. The molecule has 2 aromatic rings. The van der Waals surface area contributed by atoms with Crippen molar-refractivity contribution in [2.45, 2.75) is 65.8 Å². The molecule has 2 aromatic heterocycles. The Kier molecular flexibility index (Phi) is 7.49. The number of aromatic amines is 1. The molecule has 0 aliphatic heterocycles. The molecular formula is C18H28N4S2. The minimum Gasteiger partial charge on any atom is -0.367 e. The van der Waals surface area contributed by atoms with Crippen LogP contribution in [0.2, 0.25) is 0 Å².